The maximum Gasteiger partial charge on any atom is 0.295 e. The number of rotatable bonds is 6. The van der Waals surface area contributed by atoms with Crippen molar-refractivity contribution in [3.05, 3.63) is 63.8 Å². The maximum absolute atomic E-state index is 12.7. The molecule has 4 rings (SSSR count). The van der Waals surface area contributed by atoms with Crippen molar-refractivity contribution in [2.45, 2.75) is 24.7 Å². The number of H-pyrrole nitrogens is 1. The van der Waals surface area contributed by atoms with Gasteiger partial charge in [-0.15, -0.1) is 0 Å². The van der Waals surface area contributed by atoms with Gasteiger partial charge in [0.15, 0.2) is 0 Å². The first kappa shape index (κ1) is 20.0. The van der Waals surface area contributed by atoms with Crippen LogP contribution in [0.5, 0.6) is 0 Å². The van der Waals surface area contributed by atoms with Crippen molar-refractivity contribution in [2.24, 2.45) is 5.10 Å². The van der Waals surface area contributed by atoms with E-state index in [1.165, 1.54) is 16.4 Å². The summed E-state index contributed by atoms with van der Waals surface area (Å²) in [4.78, 5) is 14.1. The SMILES string of the molecule is Cc1[nH]c2ccccc2c1C=NNc1ccc(S(=O)(=O)N2CCCC2)cc1[N+](=O)[O-]. The summed E-state index contributed by atoms with van der Waals surface area (Å²) >= 11 is 0. The fourth-order valence-corrected chi connectivity index (χ4v) is 5.16. The molecule has 0 atom stereocenters. The van der Waals surface area contributed by atoms with Gasteiger partial charge in [-0.05, 0) is 38.0 Å². The molecule has 2 heterocycles. The minimum atomic E-state index is -3.74. The average molecular weight is 427 g/mol. The van der Waals surface area contributed by atoms with Crippen LogP contribution in [-0.2, 0) is 10.0 Å². The minimum absolute atomic E-state index is 0.0851. The Bertz CT molecular complexity index is 1240. The van der Waals surface area contributed by atoms with Crippen molar-refractivity contribution in [3.63, 3.8) is 0 Å². The van der Waals surface area contributed by atoms with E-state index in [4.69, 9.17) is 0 Å². The van der Waals surface area contributed by atoms with E-state index in [9.17, 15) is 18.5 Å². The minimum Gasteiger partial charge on any atom is -0.358 e. The third kappa shape index (κ3) is 3.66. The summed E-state index contributed by atoms with van der Waals surface area (Å²) in [6.07, 6.45) is 3.18. The van der Waals surface area contributed by atoms with E-state index < -0.39 is 14.9 Å². The maximum atomic E-state index is 12.7. The number of hydrazone groups is 1. The predicted octanol–water partition coefficient (Wildman–Crippen LogP) is 3.62. The van der Waals surface area contributed by atoms with E-state index in [0.29, 0.717) is 13.1 Å². The Balaban J connectivity index is 1.62. The van der Waals surface area contributed by atoms with Gasteiger partial charge in [0.05, 0.1) is 16.0 Å². The summed E-state index contributed by atoms with van der Waals surface area (Å²) < 4.78 is 26.8. The van der Waals surface area contributed by atoms with Crippen LogP contribution in [0.3, 0.4) is 0 Å². The molecule has 0 radical (unpaired) electrons. The lowest BCUT2D eigenvalue weighted by molar-refractivity contribution is -0.384. The number of benzene rings is 2. The molecule has 3 aromatic rings. The average Bonchev–Trinajstić information content (AvgIpc) is 3.37. The molecule has 10 heteroatoms. The third-order valence-electron chi connectivity index (χ3n) is 5.19. The summed E-state index contributed by atoms with van der Waals surface area (Å²) in [6, 6.07) is 11.6. The normalized spacial score (nSPS) is 15.2. The highest BCUT2D eigenvalue weighted by atomic mass is 32.2. The molecular weight excluding hydrogens is 406 g/mol. The number of aromatic nitrogens is 1. The Morgan fingerprint density at radius 2 is 1.93 bits per heavy atom. The highest BCUT2D eigenvalue weighted by molar-refractivity contribution is 7.89. The van der Waals surface area contributed by atoms with Crippen molar-refractivity contribution in [1.82, 2.24) is 9.29 Å². The Kier molecular flexibility index (Phi) is 5.27. The number of hydrogen-bond donors (Lipinski definition) is 2. The summed E-state index contributed by atoms with van der Waals surface area (Å²) in [7, 11) is -3.74. The first-order valence-electron chi connectivity index (χ1n) is 9.53. The molecule has 0 saturated carbocycles. The van der Waals surface area contributed by atoms with E-state index in [2.05, 4.69) is 15.5 Å². The molecule has 1 aromatic heterocycles. The van der Waals surface area contributed by atoms with Crippen LogP contribution >= 0.6 is 0 Å². The number of nitro groups is 1. The van der Waals surface area contributed by atoms with Gasteiger partial charge in [0, 0.05) is 41.3 Å². The Labute approximate surface area is 173 Å². The summed E-state index contributed by atoms with van der Waals surface area (Å²) in [5.41, 5.74) is 5.21. The molecule has 9 nitrogen and oxygen atoms in total. The highest BCUT2D eigenvalue weighted by Crippen LogP contribution is 2.30. The van der Waals surface area contributed by atoms with Gasteiger partial charge in [-0.25, -0.2) is 8.42 Å². The van der Waals surface area contributed by atoms with Crippen LogP contribution in [0.15, 0.2) is 52.5 Å². The van der Waals surface area contributed by atoms with E-state index in [1.807, 2.05) is 31.2 Å². The number of nitro benzene ring substituents is 1. The summed E-state index contributed by atoms with van der Waals surface area (Å²) in [5.74, 6) is 0. The van der Waals surface area contributed by atoms with Crippen molar-refractivity contribution >= 4 is 38.5 Å². The topological polar surface area (TPSA) is 121 Å². The first-order chi connectivity index (χ1) is 14.4. The number of sulfonamides is 1. The molecule has 30 heavy (non-hydrogen) atoms. The second kappa shape index (κ2) is 7.88. The fourth-order valence-electron chi connectivity index (χ4n) is 3.63. The van der Waals surface area contributed by atoms with Gasteiger partial charge >= 0.3 is 0 Å². The number of aryl methyl sites for hydroxylation is 1. The van der Waals surface area contributed by atoms with Crippen LogP contribution in [0.4, 0.5) is 11.4 Å². The number of hydrogen-bond acceptors (Lipinski definition) is 6. The Hall–Kier alpha value is -3.24. The van der Waals surface area contributed by atoms with Crippen molar-refractivity contribution in [3.8, 4) is 0 Å². The zero-order chi connectivity index (χ0) is 21.3. The van der Waals surface area contributed by atoms with E-state index in [1.54, 1.807) is 6.21 Å². The molecule has 0 bridgehead atoms. The summed E-state index contributed by atoms with van der Waals surface area (Å²) in [6.45, 7) is 2.79. The monoisotopic (exact) mass is 427 g/mol. The molecular formula is C20H21N5O4S. The molecule has 1 aliphatic heterocycles. The lowest BCUT2D eigenvalue weighted by Crippen LogP contribution is -2.27. The Morgan fingerprint density at radius 1 is 1.20 bits per heavy atom. The molecule has 0 amide bonds. The lowest BCUT2D eigenvalue weighted by atomic mass is 10.1. The first-order valence-corrected chi connectivity index (χ1v) is 11.0. The number of nitrogens with zero attached hydrogens (tertiary/aromatic N) is 3. The summed E-state index contributed by atoms with van der Waals surface area (Å²) in [5, 5.41) is 16.7. The van der Waals surface area contributed by atoms with E-state index in [-0.39, 0.29) is 16.3 Å². The van der Waals surface area contributed by atoms with Gasteiger partial charge in [0.1, 0.15) is 5.69 Å². The van der Waals surface area contributed by atoms with Gasteiger partial charge in [-0.2, -0.15) is 9.41 Å². The van der Waals surface area contributed by atoms with Gasteiger partial charge < -0.3 is 4.98 Å². The molecule has 2 aromatic carbocycles. The zero-order valence-electron chi connectivity index (χ0n) is 16.3. The molecule has 1 aliphatic rings. The Morgan fingerprint density at radius 3 is 2.67 bits per heavy atom. The third-order valence-corrected chi connectivity index (χ3v) is 7.09. The lowest BCUT2D eigenvalue weighted by Gasteiger charge is -2.15. The van der Waals surface area contributed by atoms with Crippen LogP contribution in [0.1, 0.15) is 24.1 Å². The molecule has 156 valence electrons. The molecule has 0 spiro atoms. The van der Waals surface area contributed by atoms with Crippen LogP contribution in [0.2, 0.25) is 0 Å². The van der Waals surface area contributed by atoms with Gasteiger partial charge in [0.25, 0.3) is 5.69 Å². The molecule has 1 saturated heterocycles. The van der Waals surface area contributed by atoms with Crippen LogP contribution in [0, 0.1) is 17.0 Å². The van der Waals surface area contributed by atoms with Crippen molar-refractivity contribution < 1.29 is 13.3 Å². The number of fused-ring (bicyclic) bond motifs is 1. The standard InChI is InChI=1S/C20H21N5O4S/c1-14-17(16-6-2-3-7-18(16)22-14)13-21-23-19-9-8-15(12-20(19)25(26)27)30(28,29)24-10-4-5-11-24/h2-3,6-9,12-13,22-23H,4-5,10-11H2,1H3. The van der Waals surface area contributed by atoms with Gasteiger partial charge in [-0.1, -0.05) is 18.2 Å². The predicted molar refractivity (Wildman–Crippen MR) is 115 cm³/mol. The zero-order valence-corrected chi connectivity index (χ0v) is 17.1. The van der Waals surface area contributed by atoms with Gasteiger partial charge in [0.2, 0.25) is 10.0 Å². The second-order valence-corrected chi connectivity index (χ2v) is 9.06. The van der Waals surface area contributed by atoms with Crippen LogP contribution in [0.25, 0.3) is 10.9 Å². The van der Waals surface area contributed by atoms with Crippen molar-refractivity contribution in [2.75, 3.05) is 18.5 Å². The molecule has 2 N–H and O–H groups in total. The number of aromatic amines is 1. The number of nitrogens with one attached hydrogen (secondary N) is 2. The molecule has 1 fully saturated rings. The number of anilines is 1. The number of para-hydroxylation sites is 1. The molecule has 0 aliphatic carbocycles. The highest BCUT2D eigenvalue weighted by Gasteiger charge is 2.29. The van der Waals surface area contributed by atoms with E-state index >= 15 is 0 Å². The van der Waals surface area contributed by atoms with Crippen molar-refractivity contribution in [1.29, 1.82) is 0 Å². The smallest absolute Gasteiger partial charge is 0.295 e. The van der Waals surface area contributed by atoms with E-state index in [0.717, 1.165) is 41.1 Å². The largest absolute Gasteiger partial charge is 0.358 e. The van der Waals surface area contributed by atoms with Crippen LogP contribution in [-0.4, -0.2) is 41.9 Å². The fraction of sp³-hybridized carbons (Fsp3) is 0.250. The second-order valence-electron chi connectivity index (χ2n) is 7.13. The molecule has 0 unspecified atom stereocenters. The van der Waals surface area contributed by atoms with Gasteiger partial charge in [-0.3, -0.25) is 15.5 Å². The quantitative estimate of drug-likeness (QED) is 0.354. The van der Waals surface area contributed by atoms with Crippen LogP contribution < -0.4 is 5.43 Å².